The Morgan fingerprint density at radius 2 is 2.33 bits per heavy atom. The van der Waals surface area contributed by atoms with Gasteiger partial charge in [-0.1, -0.05) is 0 Å². The number of halogens is 3. The molecule has 2 heterocycles. The number of hydrogen-bond acceptors (Lipinski definition) is 3. The van der Waals surface area contributed by atoms with Gasteiger partial charge >= 0.3 is 0 Å². The number of rotatable bonds is 4. The molecule has 1 unspecified atom stereocenters. The fourth-order valence-electron chi connectivity index (χ4n) is 1.87. The zero-order chi connectivity index (χ0) is 13.1. The maximum Gasteiger partial charge on any atom is 0.283 e. The zero-order valence-corrected chi connectivity index (χ0v) is 12.2. The van der Waals surface area contributed by atoms with E-state index in [1.807, 2.05) is 22.6 Å². The highest BCUT2D eigenvalue weighted by Gasteiger charge is 2.22. The first-order valence-electron chi connectivity index (χ1n) is 5.82. The van der Waals surface area contributed by atoms with E-state index in [0.29, 0.717) is 15.9 Å². The summed E-state index contributed by atoms with van der Waals surface area (Å²) in [5.41, 5.74) is 0.487. The molecule has 0 bridgehead atoms. The van der Waals surface area contributed by atoms with Crippen molar-refractivity contribution in [1.82, 2.24) is 9.78 Å². The SMILES string of the molecule is Cn1nc(C(F)F)c(I)c1COC1CCCCO1. The highest BCUT2D eigenvalue weighted by molar-refractivity contribution is 14.1. The van der Waals surface area contributed by atoms with E-state index in [-0.39, 0.29) is 18.6 Å². The highest BCUT2D eigenvalue weighted by atomic mass is 127. The molecule has 7 heteroatoms. The first kappa shape index (κ1) is 14.1. The van der Waals surface area contributed by atoms with Crippen molar-refractivity contribution in [2.24, 2.45) is 7.05 Å². The summed E-state index contributed by atoms with van der Waals surface area (Å²) in [5.74, 6) is 0. The number of alkyl halides is 2. The lowest BCUT2D eigenvalue weighted by Crippen LogP contribution is -2.22. The molecule has 1 aliphatic heterocycles. The summed E-state index contributed by atoms with van der Waals surface area (Å²) in [4.78, 5) is 0. The van der Waals surface area contributed by atoms with Crippen LogP contribution in [0.1, 0.15) is 37.1 Å². The Labute approximate surface area is 118 Å². The second-order valence-electron chi connectivity index (χ2n) is 4.18. The minimum atomic E-state index is -2.55. The third-order valence-electron chi connectivity index (χ3n) is 2.88. The lowest BCUT2D eigenvalue weighted by molar-refractivity contribution is -0.170. The van der Waals surface area contributed by atoms with Gasteiger partial charge < -0.3 is 9.47 Å². The number of ether oxygens (including phenoxy) is 2. The molecule has 1 fully saturated rings. The van der Waals surface area contributed by atoms with Crippen LogP contribution in [0, 0.1) is 3.57 Å². The van der Waals surface area contributed by atoms with Gasteiger partial charge in [-0.2, -0.15) is 5.10 Å². The first-order chi connectivity index (χ1) is 8.59. The summed E-state index contributed by atoms with van der Waals surface area (Å²) in [6.07, 6.45) is 0.215. The molecule has 0 spiro atoms. The van der Waals surface area contributed by atoms with Gasteiger partial charge in [-0.15, -0.1) is 0 Å². The van der Waals surface area contributed by atoms with Crippen molar-refractivity contribution in [1.29, 1.82) is 0 Å². The van der Waals surface area contributed by atoms with E-state index < -0.39 is 6.43 Å². The molecule has 18 heavy (non-hydrogen) atoms. The van der Waals surface area contributed by atoms with Crippen molar-refractivity contribution >= 4 is 22.6 Å². The van der Waals surface area contributed by atoms with Crippen molar-refractivity contribution < 1.29 is 18.3 Å². The third kappa shape index (κ3) is 3.18. The van der Waals surface area contributed by atoms with E-state index in [9.17, 15) is 8.78 Å². The number of aryl methyl sites for hydroxylation is 1. The van der Waals surface area contributed by atoms with Crippen LogP contribution in [0.25, 0.3) is 0 Å². The molecule has 1 atom stereocenters. The van der Waals surface area contributed by atoms with Gasteiger partial charge in [0.2, 0.25) is 0 Å². The van der Waals surface area contributed by atoms with Gasteiger partial charge in [0.05, 0.1) is 15.9 Å². The molecule has 1 aliphatic rings. The summed E-state index contributed by atoms with van der Waals surface area (Å²) >= 11 is 1.89. The normalized spacial score (nSPS) is 20.6. The quantitative estimate of drug-likeness (QED) is 0.763. The second-order valence-corrected chi connectivity index (χ2v) is 5.26. The van der Waals surface area contributed by atoms with Gasteiger partial charge in [-0.05, 0) is 41.9 Å². The number of hydrogen-bond donors (Lipinski definition) is 0. The molecule has 0 saturated carbocycles. The fourth-order valence-corrected chi connectivity index (χ4v) is 2.71. The summed E-state index contributed by atoms with van der Waals surface area (Å²) in [7, 11) is 1.65. The standard InChI is InChI=1S/C11H15F2IN2O2/c1-16-7(9(14)10(15-16)11(12)13)6-18-8-4-2-3-5-17-8/h8,11H,2-6H2,1H3. The fraction of sp³-hybridized carbons (Fsp3) is 0.727. The van der Waals surface area contributed by atoms with Gasteiger partial charge in [0.25, 0.3) is 6.43 Å². The van der Waals surface area contributed by atoms with Gasteiger partial charge in [-0.3, -0.25) is 4.68 Å². The van der Waals surface area contributed by atoms with Crippen LogP contribution in [-0.2, 0) is 23.1 Å². The molecule has 0 amide bonds. The van der Waals surface area contributed by atoms with Gasteiger partial charge in [-0.25, -0.2) is 8.78 Å². The molecule has 4 nitrogen and oxygen atoms in total. The van der Waals surface area contributed by atoms with Gasteiger partial charge in [0, 0.05) is 13.7 Å². The van der Waals surface area contributed by atoms with E-state index in [4.69, 9.17) is 9.47 Å². The monoisotopic (exact) mass is 372 g/mol. The van der Waals surface area contributed by atoms with Crippen molar-refractivity contribution in [2.45, 2.75) is 38.6 Å². The predicted octanol–water partition coefficient (Wildman–Crippen LogP) is 3.01. The Bertz CT molecular complexity index is 406. The van der Waals surface area contributed by atoms with Gasteiger partial charge in [0.1, 0.15) is 5.69 Å². The molecule has 0 aromatic carbocycles. The highest BCUT2D eigenvalue weighted by Crippen LogP contribution is 2.26. The maximum atomic E-state index is 12.7. The predicted molar refractivity (Wildman–Crippen MR) is 69.3 cm³/mol. The van der Waals surface area contributed by atoms with E-state index in [2.05, 4.69) is 5.10 Å². The summed E-state index contributed by atoms with van der Waals surface area (Å²) in [5, 5.41) is 3.81. The Morgan fingerprint density at radius 1 is 1.56 bits per heavy atom. The third-order valence-corrected chi connectivity index (χ3v) is 4.05. The minimum Gasteiger partial charge on any atom is -0.353 e. The molecular formula is C11H15F2IN2O2. The van der Waals surface area contributed by atoms with Crippen LogP contribution in [0.4, 0.5) is 8.78 Å². The Kier molecular flexibility index (Phi) is 4.91. The molecule has 1 aromatic rings. The summed E-state index contributed by atoms with van der Waals surface area (Å²) in [6, 6.07) is 0. The van der Waals surface area contributed by atoms with Crippen LogP contribution in [0.2, 0.25) is 0 Å². The van der Waals surface area contributed by atoms with Crippen LogP contribution < -0.4 is 0 Å². The van der Waals surface area contributed by atoms with Gasteiger partial charge in [0.15, 0.2) is 6.29 Å². The maximum absolute atomic E-state index is 12.7. The van der Waals surface area contributed by atoms with Crippen molar-refractivity contribution in [2.75, 3.05) is 6.61 Å². The topological polar surface area (TPSA) is 36.3 Å². The molecular weight excluding hydrogens is 357 g/mol. The molecule has 1 saturated heterocycles. The van der Waals surface area contributed by atoms with Crippen LogP contribution >= 0.6 is 22.6 Å². The summed E-state index contributed by atoms with van der Waals surface area (Å²) < 4.78 is 38.3. The molecule has 2 rings (SSSR count). The molecule has 102 valence electrons. The number of aromatic nitrogens is 2. The number of nitrogens with zero attached hydrogens (tertiary/aromatic N) is 2. The van der Waals surface area contributed by atoms with Crippen molar-refractivity contribution in [3.8, 4) is 0 Å². The van der Waals surface area contributed by atoms with Crippen molar-refractivity contribution in [3.05, 3.63) is 15.0 Å². The average Bonchev–Trinajstić information content (AvgIpc) is 2.64. The van der Waals surface area contributed by atoms with Crippen LogP contribution in [0.5, 0.6) is 0 Å². The average molecular weight is 372 g/mol. The minimum absolute atomic E-state index is 0.179. The Morgan fingerprint density at radius 3 is 2.89 bits per heavy atom. The molecule has 1 aromatic heterocycles. The molecule has 0 radical (unpaired) electrons. The van der Waals surface area contributed by atoms with E-state index in [1.54, 1.807) is 7.05 Å². The first-order valence-corrected chi connectivity index (χ1v) is 6.90. The lowest BCUT2D eigenvalue weighted by atomic mass is 10.2. The zero-order valence-electron chi connectivity index (χ0n) is 10.0. The summed E-state index contributed by atoms with van der Waals surface area (Å²) in [6.45, 7) is 0.953. The van der Waals surface area contributed by atoms with Crippen LogP contribution in [0.15, 0.2) is 0 Å². The Balaban J connectivity index is 2.00. The van der Waals surface area contributed by atoms with E-state index in [0.717, 1.165) is 19.3 Å². The lowest BCUT2D eigenvalue weighted by Gasteiger charge is -2.22. The largest absolute Gasteiger partial charge is 0.353 e. The van der Waals surface area contributed by atoms with Crippen LogP contribution in [0.3, 0.4) is 0 Å². The smallest absolute Gasteiger partial charge is 0.283 e. The van der Waals surface area contributed by atoms with E-state index >= 15 is 0 Å². The second kappa shape index (κ2) is 6.25. The van der Waals surface area contributed by atoms with Crippen LogP contribution in [-0.4, -0.2) is 22.7 Å². The van der Waals surface area contributed by atoms with E-state index in [1.165, 1.54) is 4.68 Å². The van der Waals surface area contributed by atoms with Crippen molar-refractivity contribution in [3.63, 3.8) is 0 Å². The molecule has 0 N–H and O–H groups in total. The molecule has 0 aliphatic carbocycles. The Hall–Kier alpha value is -0.280.